The zero-order chi connectivity index (χ0) is 12.8. The predicted octanol–water partition coefficient (Wildman–Crippen LogP) is 2.50. The average Bonchev–Trinajstić information content (AvgIpc) is 2.40. The Labute approximate surface area is 109 Å². The molecule has 4 nitrogen and oxygen atoms in total. The van der Waals surface area contributed by atoms with Crippen molar-refractivity contribution < 1.29 is 4.79 Å². The molecule has 1 heterocycles. The van der Waals surface area contributed by atoms with Gasteiger partial charge >= 0.3 is 0 Å². The molecule has 0 saturated heterocycles. The number of hydrogen-bond donors (Lipinski definition) is 1. The molecule has 1 aromatic carbocycles. The lowest BCUT2D eigenvalue weighted by Gasteiger charge is -1.99. The number of carbonyl (C=O) groups excluding carboxylic acids is 1. The fourth-order valence-corrected chi connectivity index (χ4v) is 1.50. The molecule has 0 radical (unpaired) electrons. The Morgan fingerprint density at radius 2 is 2.06 bits per heavy atom. The maximum absolute atomic E-state index is 11.7. The molecular weight excluding hydrogens is 250 g/mol. The number of nitrogens with one attached hydrogen (secondary N) is 1. The van der Waals surface area contributed by atoms with Gasteiger partial charge in [-0.2, -0.15) is 5.10 Å². The van der Waals surface area contributed by atoms with Crippen molar-refractivity contribution in [3.8, 4) is 0 Å². The lowest BCUT2D eigenvalue weighted by molar-refractivity contribution is 0.0955. The highest BCUT2D eigenvalue weighted by Gasteiger charge is 2.03. The first-order valence-electron chi connectivity index (χ1n) is 5.25. The van der Waals surface area contributed by atoms with Gasteiger partial charge in [0, 0.05) is 23.0 Å². The number of nitrogens with zero attached hydrogens (tertiary/aromatic N) is 2. The van der Waals surface area contributed by atoms with E-state index in [1.807, 2.05) is 0 Å². The Morgan fingerprint density at radius 1 is 1.28 bits per heavy atom. The van der Waals surface area contributed by atoms with Crippen LogP contribution in [0.2, 0.25) is 5.02 Å². The molecule has 0 saturated carbocycles. The third-order valence-electron chi connectivity index (χ3n) is 2.17. The second-order valence-corrected chi connectivity index (χ2v) is 3.93. The first-order valence-corrected chi connectivity index (χ1v) is 5.62. The zero-order valence-electron chi connectivity index (χ0n) is 9.38. The summed E-state index contributed by atoms with van der Waals surface area (Å²) < 4.78 is 0. The second-order valence-electron chi connectivity index (χ2n) is 3.49. The van der Waals surface area contributed by atoms with E-state index in [2.05, 4.69) is 15.5 Å². The van der Waals surface area contributed by atoms with E-state index in [4.69, 9.17) is 11.6 Å². The number of pyridine rings is 1. The number of carbonyl (C=O) groups is 1. The Kier molecular flexibility index (Phi) is 4.04. The van der Waals surface area contributed by atoms with E-state index >= 15 is 0 Å². The van der Waals surface area contributed by atoms with Crippen LogP contribution in [0.5, 0.6) is 0 Å². The van der Waals surface area contributed by atoms with Gasteiger partial charge in [0.2, 0.25) is 0 Å². The van der Waals surface area contributed by atoms with Crippen molar-refractivity contribution in [3.05, 3.63) is 64.9 Å². The molecule has 0 spiro atoms. The number of rotatable bonds is 3. The summed E-state index contributed by atoms with van der Waals surface area (Å²) in [5, 5.41) is 4.37. The van der Waals surface area contributed by atoms with Crippen LogP contribution in [0.3, 0.4) is 0 Å². The van der Waals surface area contributed by atoms with Gasteiger partial charge in [-0.05, 0) is 35.9 Å². The smallest absolute Gasteiger partial charge is 0.267 e. The van der Waals surface area contributed by atoms with E-state index in [1.54, 1.807) is 55.0 Å². The summed E-state index contributed by atoms with van der Waals surface area (Å²) in [5.74, 6) is -0.303. The van der Waals surface area contributed by atoms with Crippen molar-refractivity contribution in [3.63, 3.8) is 0 Å². The van der Waals surface area contributed by atoms with Gasteiger partial charge in [0.1, 0.15) is 0 Å². The number of benzene rings is 1. The van der Waals surface area contributed by atoms with Gasteiger partial charge in [-0.1, -0.05) is 17.7 Å². The van der Waals surface area contributed by atoms with Gasteiger partial charge in [0.05, 0.1) is 6.21 Å². The van der Waals surface area contributed by atoms with Crippen LogP contribution in [-0.2, 0) is 0 Å². The van der Waals surface area contributed by atoms with Crippen LogP contribution >= 0.6 is 11.6 Å². The van der Waals surface area contributed by atoms with Gasteiger partial charge in [-0.25, -0.2) is 5.43 Å². The lowest BCUT2D eigenvalue weighted by atomic mass is 10.2. The monoisotopic (exact) mass is 259 g/mol. The second kappa shape index (κ2) is 5.93. The summed E-state index contributed by atoms with van der Waals surface area (Å²) in [4.78, 5) is 15.6. The van der Waals surface area contributed by atoms with Gasteiger partial charge in [0.25, 0.3) is 5.91 Å². The average molecular weight is 260 g/mol. The molecular formula is C13H10ClN3O. The minimum Gasteiger partial charge on any atom is -0.267 e. The van der Waals surface area contributed by atoms with Crippen molar-refractivity contribution in [2.24, 2.45) is 5.10 Å². The van der Waals surface area contributed by atoms with Crippen molar-refractivity contribution in [2.75, 3.05) is 0 Å². The summed E-state index contributed by atoms with van der Waals surface area (Å²) >= 11 is 5.79. The summed E-state index contributed by atoms with van der Waals surface area (Å²) in [6.07, 6.45) is 4.85. The topological polar surface area (TPSA) is 54.4 Å². The molecule has 90 valence electrons. The van der Waals surface area contributed by atoms with Crippen LogP contribution in [0, 0.1) is 0 Å². The van der Waals surface area contributed by atoms with Crippen molar-refractivity contribution in [1.29, 1.82) is 0 Å². The molecule has 1 N–H and O–H groups in total. The first kappa shape index (κ1) is 12.3. The van der Waals surface area contributed by atoms with Gasteiger partial charge < -0.3 is 0 Å². The van der Waals surface area contributed by atoms with Crippen molar-refractivity contribution in [1.82, 2.24) is 10.4 Å². The Balaban J connectivity index is 1.99. The summed E-state index contributed by atoms with van der Waals surface area (Å²) in [7, 11) is 0. The van der Waals surface area contributed by atoms with Crippen LogP contribution in [0.1, 0.15) is 15.9 Å². The molecule has 0 aliphatic heterocycles. The van der Waals surface area contributed by atoms with Crippen LogP contribution < -0.4 is 5.43 Å². The Bertz CT molecular complexity index is 569. The maximum Gasteiger partial charge on any atom is 0.271 e. The van der Waals surface area contributed by atoms with E-state index in [9.17, 15) is 4.79 Å². The van der Waals surface area contributed by atoms with Crippen LogP contribution in [0.15, 0.2) is 53.9 Å². The Hall–Kier alpha value is -2.20. The molecule has 2 aromatic rings. The summed E-state index contributed by atoms with van der Waals surface area (Å²) in [6, 6.07) is 10.2. The number of aromatic nitrogens is 1. The molecule has 0 unspecified atom stereocenters. The zero-order valence-corrected chi connectivity index (χ0v) is 10.1. The number of halogens is 1. The SMILES string of the molecule is O=C(N/N=C\c1ccncc1)c1cccc(Cl)c1. The summed E-state index contributed by atoms with van der Waals surface area (Å²) in [6.45, 7) is 0. The third-order valence-corrected chi connectivity index (χ3v) is 2.41. The lowest BCUT2D eigenvalue weighted by Crippen LogP contribution is -2.17. The highest BCUT2D eigenvalue weighted by Crippen LogP contribution is 2.10. The highest BCUT2D eigenvalue weighted by atomic mass is 35.5. The van der Waals surface area contributed by atoms with Gasteiger partial charge in [-0.3, -0.25) is 9.78 Å². The molecule has 5 heteroatoms. The standard InChI is InChI=1S/C13H10ClN3O/c14-12-3-1-2-11(8-12)13(18)17-16-9-10-4-6-15-7-5-10/h1-9H,(H,17,18)/b16-9-. The van der Waals surface area contributed by atoms with Crippen molar-refractivity contribution in [2.45, 2.75) is 0 Å². The number of hydrogen-bond acceptors (Lipinski definition) is 3. The molecule has 0 aliphatic rings. The molecule has 0 bridgehead atoms. The van der Waals surface area contributed by atoms with E-state index < -0.39 is 0 Å². The molecule has 1 amide bonds. The van der Waals surface area contributed by atoms with Gasteiger partial charge in [0.15, 0.2) is 0 Å². The van der Waals surface area contributed by atoms with Crippen LogP contribution in [0.25, 0.3) is 0 Å². The molecule has 0 atom stereocenters. The minimum atomic E-state index is -0.303. The molecule has 0 fully saturated rings. The normalized spacial score (nSPS) is 10.5. The molecule has 0 aliphatic carbocycles. The highest BCUT2D eigenvalue weighted by molar-refractivity contribution is 6.30. The molecule has 1 aromatic heterocycles. The van der Waals surface area contributed by atoms with E-state index in [0.717, 1.165) is 5.56 Å². The first-order chi connectivity index (χ1) is 8.75. The number of hydrazone groups is 1. The van der Waals surface area contributed by atoms with Crippen molar-refractivity contribution >= 4 is 23.7 Å². The summed E-state index contributed by atoms with van der Waals surface area (Å²) in [5.41, 5.74) is 3.75. The predicted molar refractivity (Wildman–Crippen MR) is 70.7 cm³/mol. The fraction of sp³-hybridized carbons (Fsp3) is 0. The number of amides is 1. The van der Waals surface area contributed by atoms with Crippen LogP contribution in [-0.4, -0.2) is 17.1 Å². The molecule has 2 rings (SSSR count). The van der Waals surface area contributed by atoms with E-state index in [1.165, 1.54) is 0 Å². The maximum atomic E-state index is 11.7. The largest absolute Gasteiger partial charge is 0.271 e. The fourth-order valence-electron chi connectivity index (χ4n) is 1.31. The molecule has 18 heavy (non-hydrogen) atoms. The quantitative estimate of drug-likeness (QED) is 0.680. The van der Waals surface area contributed by atoms with Gasteiger partial charge in [-0.15, -0.1) is 0 Å². The minimum absolute atomic E-state index is 0.303. The van der Waals surface area contributed by atoms with E-state index in [0.29, 0.717) is 10.6 Å². The third kappa shape index (κ3) is 3.40. The Morgan fingerprint density at radius 3 is 2.78 bits per heavy atom. The van der Waals surface area contributed by atoms with Crippen LogP contribution in [0.4, 0.5) is 0 Å². The van der Waals surface area contributed by atoms with E-state index in [-0.39, 0.29) is 5.91 Å².